The van der Waals surface area contributed by atoms with Crippen molar-refractivity contribution in [2.24, 2.45) is 0 Å². The third-order valence-electron chi connectivity index (χ3n) is 2.76. The molecule has 0 spiro atoms. The second-order valence-corrected chi connectivity index (χ2v) is 6.54. The number of anilines is 1. The van der Waals surface area contributed by atoms with Gasteiger partial charge in [-0.2, -0.15) is 0 Å². The molecule has 17 heavy (non-hydrogen) atoms. The monoisotopic (exact) mass is 255 g/mol. The van der Waals surface area contributed by atoms with Gasteiger partial charge in [-0.1, -0.05) is 26.0 Å². The molecule has 0 unspecified atom stereocenters. The Balaban J connectivity index is 2.31. The molecule has 0 aliphatic carbocycles. The first-order valence-electron chi connectivity index (χ1n) is 6.10. The van der Waals surface area contributed by atoms with Crippen LogP contribution in [0.4, 0.5) is 5.69 Å². The largest absolute Gasteiger partial charge is 0.385 e. The number of benzene rings is 1. The maximum absolute atomic E-state index is 11.3. The molecule has 1 aromatic carbocycles. The summed E-state index contributed by atoms with van der Waals surface area (Å²) in [5.74, 6) is 0.502. The fraction of sp³-hybridized carbons (Fsp3) is 0.538. The van der Waals surface area contributed by atoms with Gasteiger partial charge >= 0.3 is 0 Å². The van der Waals surface area contributed by atoms with Crippen molar-refractivity contribution >= 4 is 15.5 Å². The Morgan fingerprint density at radius 2 is 1.76 bits per heavy atom. The van der Waals surface area contributed by atoms with E-state index in [0.717, 1.165) is 12.1 Å². The zero-order valence-corrected chi connectivity index (χ0v) is 11.4. The summed E-state index contributed by atoms with van der Waals surface area (Å²) in [6.07, 6.45) is 1.70. The van der Waals surface area contributed by atoms with Gasteiger partial charge in [0.2, 0.25) is 0 Å². The number of hydrogen-bond acceptors (Lipinski definition) is 3. The van der Waals surface area contributed by atoms with Gasteiger partial charge in [0, 0.05) is 18.0 Å². The number of rotatable bonds is 7. The van der Waals surface area contributed by atoms with E-state index >= 15 is 0 Å². The Morgan fingerprint density at radius 3 is 2.29 bits per heavy atom. The highest BCUT2D eigenvalue weighted by Gasteiger charge is 2.05. The van der Waals surface area contributed by atoms with E-state index in [0.29, 0.717) is 13.0 Å². The predicted molar refractivity (Wildman–Crippen MR) is 73.3 cm³/mol. The smallest absolute Gasteiger partial charge is 0.150 e. The van der Waals surface area contributed by atoms with E-state index in [1.54, 1.807) is 6.92 Å². The number of sulfone groups is 1. The first kappa shape index (κ1) is 14.0. The van der Waals surface area contributed by atoms with Gasteiger partial charge in [-0.15, -0.1) is 0 Å². The molecule has 4 heteroatoms. The second-order valence-electron chi connectivity index (χ2n) is 4.07. The van der Waals surface area contributed by atoms with Crippen LogP contribution in [-0.2, 0) is 16.3 Å². The molecule has 0 amide bonds. The highest BCUT2D eigenvalue weighted by Crippen LogP contribution is 2.09. The Hall–Kier alpha value is -1.03. The SMILES string of the molecule is CCc1ccc(NCCCS(=O)(=O)CC)cc1. The zero-order valence-electron chi connectivity index (χ0n) is 10.6. The maximum atomic E-state index is 11.3. The molecule has 1 rings (SSSR count). The van der Waals surface area contributed by atoms with Gasteiger partial charge in [0.05, 0.1) is 5.75 Å². The molecule has 0 atom stereocenters. The third kappa shape index (κ3) is 5.22. The molecule has 0 heterocycles. The molecular formula is C13H21NO2S. The fourth-order valence-corrected chi connectivity index (χ4v) is 2.40. The average Bonchev–Trinajstić information content (AvgIpc) is 2.35. The maximum Gasteiger partial charge on any atom is 0.150 e. The lowest BCUT2D eigenvalue weighted by Gasteiger charge is -2.07. The molecule has 0 aromatic heterocycles. The number of aryl methyl sites for hydroxylation is 1. The van der Waals surface area contributed by atoms with Crippen molar-refractivity contribution in [1.82, 2.24) is 0 Å². The van der Waals surface area contributed by atoms with Gasteiger partial charge in [0.15, 0.2) is 0 Å². The van der Waals surface area contributed by atoms with E-state index in [1.165, 1.54) is 5.56 Å². The van der Waals surface area contributed by atoms with Crippen LogP contribution in [0.25, 0.3) is 0 Å². The fourth-order valence-electron chi connectivity index (χ4n) is 1.53. The standard InChI is InChI=1S/C13H21NO2S/c1-3-12-6-8-13(9-7-12)14-10-5-11-17(15,16)4-2/h6-9,14H,3-5,10-11H2,1-2H3. The van der Waals surface area contributed by atoms with E-state index in [9.17, 15) is 8.42 Å². The molecule has 0 saturated carbocycles. The summed E-state index contributed by atoms with van der Waals surface area (Å²) in [5, 5.41) is 3.23. The van der Waals surface area contributed by atoms with Crippen LogP contribution < -0.4 is 5.32 Å². The molecule has 0 bridgehead atoms. The Labute approximate surface area is 104 Å². The van der Waals surface area contributed by atoms with Gasteiger partial charge in [-0.3, -0.25) is 0 Å². The minimum atomic E-state index is -2.82. The minimum absolute atomic E-state index is 0.234. The highest BCUT2D eigenvalue weighted by atomic mass is 32.2. The molecule has 0 saturated heterocycles. The van der Waals surface area contributed by atoms with Crippen molar-refractivity contribution in [2.45, 2.75) is 26.7 Å². The van der Waals surface area contributed by atoms with Crippen LogP contribution in [0.15, 0.2) is 24.3 Å². The van der Waals surface area contributed by atoms with Crippen LogP contribution in [0.5, 0.6) is 0 Å². The normalized spacial score (nSPS) is 11.4. The zero-order chi connectivity index (χ0) is 12.7. The highest BCUT2D eigenvalue weighted by molar-refractivity contribution is 7.91. The van der Waals surface area contributed by atoms with Crippen LogP contribution in [0, 0.1) is 0 Å². The van der Waals surface area contributed by atoms with E-state index in [2.05, 4.69) is 24.4 Å². The van der Waals surface area contributed by atoms with Crippen molar-refractivity contribution in [3.05, 3.63) is 29.8 Å². The first-order chi connectivity index (χ1) is 8.07. The molecular weight excluding hydrogens is 234 g/mol. The first-order valence-corrected chi connectivity index (χ1v) is 7.92. The van der Waals surface area contributed by atoms with Crippen molar-refractivity contribution in [3.8, 4) is 0 Å². The summed E-state index contributed by atoms with van der Waals surface area (Å²) < 4.78 is 22.5. The van der Waals surface area contributed by atoms with Crippen molar-refractivity contribution in [1.29, 1.82) is 0 Å². The lowest BCUT2D eigenvalue weighted by atomic mass is 10.1. The van der Waals surface area contributed by atoms with Crippen molar-refractivity contribution < 1.29 is 8.42 Å². The van der Waals surface area contributed by atoms with E-state index in [-0.39, 0.29) is 11.5 Å². The molecule has 0 fully saturated rings. The number of nitrogens with one attached hydrogen (secondary N) is 1. The molecule has 96 valence electrons. The summed E-state index contributed by atoms with van der Waals surface area (Å²) >= 11 is 0. The van der Waals surface area contributed by atoms with Crippen LogP contribution in [-0.4, -0.2) is 26.5 Å². The summed E-state index contributed by atoms with van der Waals surface area (Å²) in [4.78, 5) is 0. The molecule has 1 N–H and O–H groups in total. The summed E-state index contributed by atoms with van der Waals surface area (Å²) in [6, 6.07) is 8.25. The second kappa shape index (κ2) is 6.64. The minimum Gasteiger partial charge on any atom is -0.385 e. The molecule has 0 radical (unpaired) electrons. The lowest BCUT2D eigenvalue weighted by molar-refractivity contribution is 0.595. The predicted octanol–water partition coefficient (Wildman–Crippen LogP) is 2.49. The molecule has 0 aliphatic heterocycles. The molecule has 0 aliphatic rings. The van der Waals surface area contributed by atoms with Crippen LogP contribution in [0.2, 0.25) is 0 Å². The summed E-state index contributed by atoms with van der Waals surface area (Å²) in [6.45, 7) is 4.51. The average molecular weight is 255 g/mol. The van der Waals surface area contributed by atoms with Crippen LogP contribution in [0.1, 0.15) is 25.8 Å². The Morgan fingerprint density at radius 1 is 1.12 bits per heavy atom. The van der Waals surface area contributed by atoms with Gasteiger partial charge in [0.1, 0.15) is 9.84 Å². The third-order valence-corrected chi connectivity index (χ3v) is 4.55. The number of hydrogen-bond donors (Lipinski definition) is 1. The molecule has 3 nitrogen and oxygen atoms in total. The van der Waals surface area contributed by atoms with E-state index in [4.69, 9.17) is 0 Å². The van der Waals surface area contributed by atoms with Crippen molar-refractivity contribution in [3.63, 3.8) is 0 Å². The Kier molecular flexibility index (Phi) is 5.48. The summed E-state index contributed by atoms with van der Waals surface area (Å²) in [5.41, 5.74) is 2.36. The van der Waals surface area contributed by atoms with Crippen LogP contribution >= 0.6 is 0 Å². The van der Waals surface area contributed by atoms with E-state index in [1.807, 2.05) is 12.1 Å². The lowest BCUT2D eigenvalue weighted by Crippen LogP contribution is -2.12. The quantitative estimate of drug-likeness (QED) is 0.761. The van der Waals surface area contributed by atoms with Gasteiger partial charge in [-0.05, 0) is 30.5 Å². The van der Waals surface area contributed by atoms with Gasteiger partial charge in [0.25, 0.3) is 0 Å². The molecule has 1 aromatic rings. The van der Waals surface area contributed by atoms with Crippen LogP contribution in [0.3, 0.4) is 0 Å². The summed E-state index contributed by atoms with van der Waals surface area (Å²) in [7, 11) is -2.82. The van der Waals surface area contributed by atoms with Gasteiger partial charge < -0.3 is 5.32 Å². The van der Waals surface area contributed by atoms with Gasteiger partial charge in [-0.25, -0.2) is 8.42 Å². The van der Waals surface area contributed by atoms with E-state index < -0.39 is 9.84 Å². The topological polar surface area (TPSA) is 46.2 Å². The van der Waals surface area contributed by atoms with Crippen molar-refractivity contribution in [2.75, 3.05) is 23.4 Å². The Bertz CT molecular complexity index is 423.